The summed E-state index contributed by atoms with van der Waals surface area (Å²) < 4.78 is 11.2. The molecule has 6 N–H and O–H groups in total. The van der Waals surface area contributed by atoms with E-state index >= 15 is 0 Å². The molecule has 62 heavy (non-hydrogen) atoms. The Labute approximate surface area is 382 Å². The summed E-state index contributed by atoms with van der Waals surface area (Å²) in [5.74, 6) is -0.177. The summed E-state index contributed by atoms with van der Waals surface area (Å²) in [4.78, 5) is 12.9. The van der Waals surface area contributed by atoms with Crippen molar-refractivity contribution < 1.29 is 39.8 Å². The van der Waals surface area contributed by atoms with Crippen LogP contribution >= 0.6 is 0 Å². The Morgan fingerprint density at radius 2 is 0.887 bits per heavy atom. The van der Waals surface area contributed by atoms with Gasteiger partial charge in [-0.05, 0) is 19.3 Å². The van der Waals surface area contributed by atoms with Crippen LogP contribution in [0.3, 0.4) is 0 Å². The number of hydrogen-bond acceptors (Lipinski definition) is 8. The summed E-state index contributed by atoms with van der Waals surface area (Å²) in [6.07, 6.45) is 45.9. The molecule has 0 radical (unpaired) electrons. The molecule has 1 aliphatic rings. The number of hydrogen-bond donors (Lipinski definition) is 6. The molecule has 1 saturated heterocycles. The van der Waals surface area contributed by atoms with E-state index in [-0.39, 0.29) is 12.5 Å². The van der Waals surface area contributed by atoms with Gasteiger partial charge in [-0.25, -0.2) is 0 Å². The van der Waals surface area contributed by atoms with Crippen molar-refractivity contribution in [2.45, 2.75) is 307 Å². The van der Waals surface area contributed by atoms with Crippen molar-refractivity contribution in [1.82, 2.24) is 5.32 Å². The molecule has 0 aromatic carbocycles. The zero-order valence-electron chi connectivity index (χ0n) is 40.6. The van der Waals surface area contributed by atoms with E-state index in [4.69, 9.17) is 9.47 Å². The van der Waals surface area contributed by atoms with E-state index in [9.17, 15) is 30.3 Å². The number of carbonyl (C=O) groups is 1. The van der Waals surface area contributed by atoms with Gasteiger partial charge in [-0.15, -0.1) is 0 Å². The van der Waals surface area contributed by atoms with Gasteiger partial charge in [0.1, 0.15) is 24.4 Å². The van der Waals surface area contributed by atoms with Crippen LogP contribution in [0, 0.1) is 0 Å². The molecule has 1 rings (SSSR count). The first-order valence-corrected chi connectivity index (χ1v) is 26.9. The molecule has 0 saturated carbocycles. The number of rotatable bonds is 46. The lowest BCUT2D eigenvalue weighted by Crippen LogP contribution is -2.60. The van der Waals surface area contributed by atoms with Gasteiger partial charge in [-0.2, -0.15) is 0 Å². The maximum Gasteiger partial charge on any atom is 0.220 e. The third kappa shape index (κ3) is 33.4. The first kappa shape index (κ1) is 58.9. The Balaban J connectivity index is 2.12. The molecule has 9 heteroatoms. The van der Waals surface area contributed by atoms with Crippen molar-refractivity contribution in [1.29, 1.82) is 0 Å². The van der Waals surface area contributed by atoms with E-state index in [1.807, 2.05) is 6.08 Å². The summed E-state index contributed by atoms with van der Waals surface area (Å²) >= 11 is 0. The number of carbonyl (C=O) groups excluding carboxylic acids is 1. The molecule has 0 bridgehead atoms. The standard InChI is InChI=1S/C53H103NO8/c1-3-5-7-9-11-13-14-15-16-17-18-19-20-21-22-23-24-25-26-27-28-29-30-31-32-33-35-36-38-40-42-47(56)46(45-61-53-52(60)51(59)50(58)48(44-55)62-53)54-49(57)43-41-39-37-34-12-10-8-6-4-2/h40,42,46-48,50-53,55-56,58-60H,3-39,41,43-45H2,1-2H3,(H,54,57)/b42-40+. The van der Waals surface area contributed by atoms with E-state index in [2.05, 4.69) is 19.2 Å². The Hall–Kier alpha value is -1.07. The van der Waals surface area contributed by atoms with E-state index in [1.54, 1.807) is 6.08 Å². The normalized spacial score (nSPS) is 20.3. The molecular formula is C53H103NO8. The maximum absolute atomic E-state index is 12.9. The molecule has 0 aliphatic carbocycles. The third-order valence-corrected chi connectivity index (χ3v) is 13.1. The van der Waals surface area contributed by atoms with Crippen molar-refractivity contribution in [2.24, 2.45) is 0 Å². The molecule has 1 aliphatic heterocycles. The van der Waals surface area contributed by atoms with Crippen molar-refractivity contribution >= 4 is 5.91 Å². The highest BCUT2D eigenvalue weighted by molar-refractivity contribution is 5.76. The summed E-state index contributed by atoms with van der Waals surface area (Å²) in [7, 11) is 0. The molecule has 1 amide bonds. The second-order valence-corrected chi connectivity index (χ2v) is 19.0. The maximum atomic E-state index is 12.9. The van der Waals surface area contributed by atoms with Crippen LogP contribution in [0.25, 0.3) is 0 Å². The zero-order chi connectivity index (χ0) is 45.1. The Kier molecular flexibility index (Phi) is 41.6. The number of aliphatic hydroxyl groups is 5. The molecule has 1 fully saturated rings. The first-order chi connectivity index (χ1) is 30.3. The molecule has 0 aromatic rings. The number of unbranched alkanes of at least 4 members (excludes halogenated alkanes) is 36. The number of amides is 1. The molecular weight excluding hydrogens is 779 g/mol. The quantitative estimate of drug-likeness (QED) is 0.0261. The van der Waals surface area contributed by atoms with Crippen LogP contribution in [0.4, 0.5) is 0 Å². The fourth-order valence-corrected chi connectivity index (χ4v) is 8.81. The summed E-state index contributed by atoms with van der Waals surface area (Å²) in [5.41, 5.74) is 0. The molecule has 7 atom stereocenters. The van der Waals surface area contributed by atoms with Crippen LogP contribution in [0.1, 0.15) is 264 Å². The van der Waals surface area contributed by atoms with E-state index < -0.39 is 49.5 Å². The second-order valence-electron chi connectivity index (χ2n) is 19.0. The minimum Gasteiger partial charge on any atom is -0.394 e. The van der Waals surface area contributed by atoms with E-state index in [0.717, 1.165) is 38.5 Å². The number of ether oxygens (including phenoxy) is 2. The predicted octanol–water partition coefficient (Wildman–Crippen LogP) is 12.5. The minimum atomic E-state index is -1.56. The summed E-state index contributed by atoms with van der Waals surface area (Å²) in [5, 5.41) is 54.2. The molecule has 9 nitrogen and oxygen atoms in total. The summed E-state index contributed by atoms with van der Waals surface area (Å²) in [6.45, 7) is 3.77. The smallest absolute Gasteiger partial charge is 0.220 e. The van der Waals surface area contributed by atoms with Crippen LogP contribution < -0.4 is 5.32 Å². The lowest BCUT2D eigenvalue weighted by molar-refractivity contribution is -0.302. The number of allylic oxidation sites excluding steroid dienone is 1. The van der Waals surface area contributed by atoms with Crippen molar-refractivity contribution in [3.8, 4) is 0 Å². The zero-order valence-corrected chi connectivity index (χ0v) is 40.6. The van der Waals surface area contributed by atoms with Gasteiger partial charge in [0.15, 0.2) is 6.29 Å². The van der Waals surface area contributed by atoms with Crippen LogP contribution in [-0.2, 0) is 14.3 Å². The molecule has 0 spiro atoms. The van der Waals surface area contributed by atoms with Crippen LogP contribution in [0.2, 0.25) is 0 Å². The van der Waals surface area contributed by atoms with Crippen LogP contribution in [-0.4, -0.2) is 87.5 Å². The van der Waals surface area contributed by atoms with Crippen LogP contribution in [0.5, 0.6) is 0 Å². The molecule has 368 valence electrons. The summed E-state index contributed by atoms with van der Waals surface area (Å²) in [6, 6.07) is -0.798. The Morgan fingerprint density at radius 1 is 0.532 bits per heavy atom. The fraction of sp³-hybridized carbons (Fsp3) is 0.943. The predicted molar refractivity (Wildman–Crippen MR) is 258 cm³/mol. The second kappa shape index (κ2) is 43.8. The van der Waals surface area contributed by atoms with E-state index in [1.165, 1.54) is 205 Å². The van der Waals surface area contributed by atoms with Crippen molar-refractivity contribution in [3.05, 3.63) is 12.2 Å². The number of aliphatic hydroxyl groups excluding tert-OH is 5. The Morgan fingerprint density at radius 3 is 1.26 bits per heavy atom. The largest absolute Gasteiger partial charge is 0.394 e. The lowest BCUT2D eigenvalue weighted by atomic mass is 9.99. The van der Waals surface area contributed by atoms with Gasteiger partial charge in [-0.1, -0.05) is 251 Å². The van der Waals surface area contributed by atoms with Gasteiger partial charge >= 0.3 is 0 Å². The number of nitrogens with one attached hydrogen (secondary N) is 1. The Bertz CT molecular complexity index is 981. The molecule has 1 heterocycles. The van der Waals surface area contributed by atoms with Crippen molar-refractivity contribution in [3.63, 3.8) is 0 Å². The van der Waals surface area contributed by atoms with Gasteiger partial charge in [0.2, 0.25) is 5.91 Å². The highest BCUT2D eigenvalue weighted by atomic mass is 16.7. The SMILES string of the molecule is CCCCCCCCCCCCCCCCCCCCCCCCCCCCCC/C=C/C(O)C(COC1OC(CO)C(O)C(O)C1O)NC(=O)CCCCCCCCCCC. The molecule has 7 unspecified atom stereocenters. The average molecular weight is 882 g/mol. The van der Waals surface area contributed by atoms with Gasteiger partial charge in [0.25, 0.3) is 0 Å². The highest BCUT2D eigenvalue weighted by Gasteiger charge is 2.44. The van der Waals surface area contributed by atoms with Gasteiger partial charge in [0.05, 0.1) is 25.4 Å². The van der Waals surface area contributed by atoms with Crippen LogP contribution in [0.15, 0.2) is 12.2 Å². The van der Waals surface area contributed by atoms with E-state index in [0.29, 0.717) is 6.42 Å². The monoisotopic (exact) mass is 882 g/mol. The van der Waals surface area contributed by atoms with Gasteiger partial charge in [-0.3, -0.25) is 4.79 Å². The van der Waals surface area contributed by atoms with Crippen molar-refractivity contribution in [2.75, 3.05) is 13.2 Å². The van der Waals surface area contributed by atoms with Gasteiger partial charge in [0, 0.05) is 6.42 Å². The minimum absolute atomic E-state index is 0.177. The molecule has 0 aromatic heterocycles. The topological polar surface area (TPSA) is 149 Å². The highest BCUT2D eigenvalue weighted by Crippen LogP contribution is 2.23. The first-order valence-electron chi connectivity index (χ1n) is 26.9. The fourth-order valence-electron chi connectivity index (χ4n) is 8.81. The third-order valence-electron chi connectivity index (χ3n) is 13.1. The lowest BCUT2D eigenvalue weighted by Gasteiger charge is -2.40. The van der Waals surface area contributed by atoms with Gasteiger partial charge < -0.3 is 40.3 Å². The average Bonchev–Trinajstić information content (AvgIpc) is 3.27.